The van der Waals surface area contributed by atoms with E-state index < -0.39 is 0 Å². The molecule has 0 aromatic rings. The molecule has 0 bridgehead atoms. The molecule has 0 amide bonds. The van der Waals surface area contributed by atoms with E-state index in [-0.39, 0.29) is 0 Å². The summed E-state index contributed by atoms with van der Waals surface area (Å²) in [7, 11) is 0. The number of rotatable bonds is 5. The minimum absolute atomic E-state index is 0.431. The van der Waals surface area contributed by atoms with Crippen LogP contribution in [0.25, 0.3) is 0 Å². The second-order valence-electron chi connectivity index (χ2n) is 4.63. The second kappa shape index (κ2) is 6.41. The molecule has 14 heavy (non-hydrogen) atoms. The van der Waals surface area contributed by atoms with Crippen molar-refractivity contribution in [3.63, 3.8) is 0 Å². The van der Waals surface area contributed by atoms with Crippen molar-refractivity contribution in [2.24, 2.45) is 5.73 Å². The van der Waals surface area contributed by atoms with Crippen LogP contribution >= 0.6 is 0 Å². The van der Waals surface area contributed by atoms with Crippen LogP contribution in [0.4, 0.5) is 0 Å². The molecule has 0 radical (unpaired) electrons. The zero-order chi connectivity index (χ0) is 10.4. The molecule has 2 N–H and O–H groups in total. The summed E-state index contributed by atoms with van der Waals surface area (Å²) >= 11 is 0. The van der Waals surface area contributed by atoms with E-state index in [2.05, 4.69) is 18.7 Å². The van der Waals surface area contributed by atoms with Crippen molar-refractivity contribution >= 4 is 0 Å². The summed E-state index contributed by atoms with van der Waals surface area (Å²) < 4.78 is 0. The maximum atomic E-state index is 6.01. The van der Waals surface area contributed by atoms with Gasteiger partial charge in [0.2, 0.25) is 0 Å². The first-order valence-corrected chi connectivity index (χ1v) is 6.27. The molecule has 84 valence electrons. The van der Waals surface area contributed by atoms with Crippen LogP contribution in [0.5, 0.6) is 0 Å². The number of nitrogens with two attached hydrogens (primary N) is 1. The van der Waals surface area contributed by atoms with E-state index in [0.29, 0.717) is 6.04 Å². The van der Waals surface area contributed by atoms with Crippen LogP contribution in [0.1, 0.15) is 52.4 Å². The Morgan fingerprint density at radius 1 is 1.29 bits per heavy atom. The highest BCUT2D eigenvalue weighted by Crippen LogP contribution is 2.18. The predicted molar refractivity (Wildman–Crippen MR) is 62.4 cm³/mol. The lowest BCUT2D eigenvalue weighted by Crippen LogP contribution is -2.47. The topological polar surface area (TPSA) is 29.3 Å². The summed E-state index contributed by atoms with van der Waals surface area (Å²) in [4.78, 5) is 2.63. The second-order valence-corrected chi connectivity index (χ2v) is 4.63. The first-order valence-electron chi connectivity index (χ1n) is 6.27. The van der Waals surface area contributed by atoms with Gasteiger partial charge in [0.15, 0.2) is 0 Å². The summed E-state index contributed by atoms with van der Waals surface area (Å²) in [5.41, 5.74) is 6.01. The third-order valence-electron chi connectivity index (χ3n) is 3.25. The molecule has 2 heteroatoms. The number of piperidine rings is 1. The van der Waals surface area contributed by atoms with E-state index in [1.54, 1.807) is 0 Å². The van der Waals surface area contributed by atoms with Crippen molar-refractivity contribution < 1.29 is 0 Å². The van der Waals surface area contributed by atoms with Crippen molar-refractivity contribution in [2.45, 2.75) is 64.5 Å². The van der Waals surface area contributed by atoms with Gasteiger partial charge in [-0.15, -0.1) is 0 Å². The van der Waals surface area contributed by atoms with E-state index in [0.717, 1.165) is 12.6 Å². The molecule has 2 nitrogen and oxygen atoms in total. The zero-order valence-corrected chi connectivity index (χ0v) is 9.84. The molecule has 1 saturated heterocycles. The Morgan fingerprint density at radius 3 is 2.43 bits per heavy atom. The quantitative estimate of drug-likeness (QED) is 0.735. The summed E-state index contributed by atoms with van der Waals surface area (Å²) in [6.07, 6.45) is 7.82. The van der Waals surface area contributed by atoms with Crippen LogP contribution in [-0.2, 0) is 0 Å². The lowest BCUT2D eigenvalue weighted by Gasteiger charge is -2.37. The molecule has 1 heterocycles. The van der Waals surface area contributed by atoms with Crippen LogP contribution in [0.3, 0.4) is 0 Å². The van der Waals surface area contributed by atoms with Gasteiger partial charge in [0, 0.05) is 18.6 Å². The Bertz CT molecular complexity index is 139. The fraction of sp³-hybridized carbons (Fsp3) is 1.00. The van der Waals surface area contributed by atoms with Gasteiger partial charge in [0.1, 0.15) is 0 Å². The van der Waals surface area contributed by atoms with Crippen molar-refractivity contribution in [1.29, 1.82) is 0 Å². The zero-order valence-electron chi connectivity index (χ0n) is 9.84. The molecule has 0 saturated carbocycles. The minimum Gasteiger partial charge on any atom is -0.327 e. The van der Waals surface area contributed by atoms with Gasteiger partial charge in [-0.3, -0.25) is 4.90 Å². The van der Waals surface area contributed by atoms with Crippen LogP contribution in [0, 0.1) is 0 Å². The first-order chi connectivity index (χ1) is 6.77. The molecule has 1 unspecified atom stereocenters. The Morgan fingerprint density at radius 2 is 1.93 bits per heavy atom. The van der Waals surface area contributed by atoms with Crippen molar-refractivity contribution in [3.8, 4) is 0 Å². The summed E-state index contributed by atoms with van der Waals surface area (Å²) in [5.74, 6) is 0. The lowest BCUT2D eigenvalue weighted by molar-refractivity contribution is 0.134. The maximum absolute atomic E-state index is 6.01. The van der Waals surface area contributed by atoms with Gasteiger partial charge in [0.05, 0.1) is 0 Å². The SMILES string of the molecule is CCCC(CCC)N1CCCC(N)C1. The van der Waals surface area contributed by atoms with Crippen molar-refractivity contribution in [1.82, 2.24) is 4.90 Å². The highest BCUT2D eigenvalue weighted by Gasteiger charge is 2.22. The first kappa shape index (κ1) is 12.0. The van der Waals surface area contributed by atoms with E-state index in [4.69, 9.17) is 5.73 Å². The molecular weight excluding hydrogens is 172 g/mol. The van der Waals surface area contributed by atoms with Gasteiger partial charge < -0.3 is 5.73 Å². The van der Waals surface area contributed by atoms with Gasteiger partial charge >= 0.3 is 0 Å². The standard InChI is InChI=1S/C12H26N2/c1-3-6-12(7-4-2)14-9-5-8-11(13)10-14/h11-12H,3-10,13H2,1-2H3. The molecule has 1 atom stereocenters. The summed E-state index contributed by atoms with van der Waals surface area (Å²) in [6.45, 7) is 6.97. The largest absolute Gasteiger partial charge is 0.327 e. The van der Waals surface area contributed by atoms with Crippen molar-refractivity contribution in [3.05, 3.63) is 0 Å². The normalized spacial score (nSPS) is 24.4. The number of hydrogen-bond donors (Lipinski definition) is 1. The molecule has 1 aliphatic heterocycles. The summed E-state index contributed by atoms with van der Waals surface area (Å²) in [6, 6.07) is 1.23. The average molecular weight is 198 g/mol. The monoisotopic (exact) mass is 198 g/mol. The molecule has 1 fully saturated rings. The van der Waals surface area contributed by atoms with Gasteiger partial charge in [-0.05, 0) is 32.2 Å². The fourth-order valence-electron chi connectivity index (χ4n) is 2.55. The fourth-order valence-corrected chi connectivity index (χ4v) is 2.55. The van der Waals surface area contributed by atoms with Crippen LogP contribution in [-0.4, -0.2) is 30.1 Å². The third kappa shape index (κ3) is 3.58. The van der Waals surface area contributed by atoms with E-state index in [1.807, 2.05) is 0 Å². The lowest BCUT2D eigenvalue weighted by atomic mass is 9.99. The smallest absolute Gasteiger partial charge is 0.0168 e. The van der Waals surface area contributed by atoms with E-state index in [1.165, 1.54) is 45.1 Å². The molecule has 1 aliphatic rings. The van der Waals surface area contributed by atoms with Gasteiger partial charge in [-0.1, -0.05) is 26.7 Å². The molecule has 0 aromatic carbocycles. The number of nitrogens with zero attached hydrogens (tertiary/aromatic N) is 1. The van der Waals surface area contributed by atoms with Gasteiger partial charge in [-0.2, -0.15) is 0 Å². The van der Waals surface area contributed by atoms with Crippen molar-refractivity contribution in [2.75, 3.05) is 13.1 Å². The Hall–Kier alpha value is -0.0800. The molecule has 0 aromatic heterocycles. The predicted octanol–water partition coefficient (Wildman–Crippen LogP) is 2.38. The average Bonchev–Trinajstić information content (AvgIpc) is 2.17. The number of hydrogen-bond acceptors (Lipinski definition) is 2. The van der Waals surface area contributed by atoms with E-state index >= 15 is 0 Å². The Kier molecular flexibility index (Phi) is 5.49. The van der Waals surface area contributed by atoms with Crippen LogP contribution in [0.2, 0.25) is 0 Å². The maximum Gasteiger partial charge on any atom is 0.0168 e. The molecular formula is C12H26N2. The summed E-state index contributed by atoms with van der Waals surface area (Å²) in [5, 5.41) is 0. The Labute approximate surface area is 88.8 Å². The van der Waals surface area contributed by atoms with Crippen LogP contribution < -0.4 is 5.73 Å². The highest BCUT2D eigenvalue weighted by atomic mass is 15.2. The molecule has 1 rings (SSSR count). The molecule has 0 spiro atoms. The third-order valence-corrected chi connectivity index (χ3v) is 3.25. The minimum atomic E-state index is 0.431. The van der Waals surface area contributed by atoms with Gasteiger partial charge in [0.25, 0.3) is 0 Å². The van der Waals surface area contributed by atoms with Crippen LogP contribution in [0.15, 0.2) is 0 Å². The Balaban J connectivity index is 2.39. The van der Waals surface area contributed by atoms with E-state index in [9.17, 15) is 0 Å². The highest BCUT2D eigenvalue weighted by molar-refractivity contribution is 4.80. The van der Waals surface area contributed by atoms with Gasteiger partial charge in [-0.25, -0.2) is 0 Å². The number of likely N-dealkylation sites (tertiary alicyclic amines) is 1. The molecule has 0 aliphatic carbocycles.